The van der Waals surface area contributed by atoms with Gasteiger partial charge in [-0.25, -0.2) is 4.98 Å². The fourth-order valence-corrected chi connectivity index (χ4v) is 3.06. The Labute approximate surface area is 120 Å². The second-order valence-corrected chi connectivity index (χ2v) is 5.59. The van der Waals surface area contributed by atoms with Crippen LogP contribution in [0.5, 0.6) is 0 Å². The van der Waals surface area contributed by atoms with Crippen LogP contribution >= 0.6 is 0 Å². The second-order valence-electron chi connectivity index (χ2n) is 5.59. The van der Waals surface area contributed by atoms with Crippen LogP contribution in [0.2, 0.25) is 0 Å². The Morgan fingerprint density at radius 2 is 2.00 bits per heavy atom. The molecule has 1 aromatic heterocycles. The quantitative estimate of drug-likeness (QED) is 0.915. The minimum absolute atomic E-state index is 0.621. The largest absolute Gasteiger partial charge is 0.378 e. The molecule has 0 bridgehead atoms. The van der Waals surface area contributed by atoms with Crippen molar-refractivity contribution in [3.63, 3.8) is 0 Å². The number of hydrogen-bond acceptors (Lipinski definition) is 5. The number of nitrogens with one attached hydrogen (secondary N) is 1. The van der Waals surface area contributed by atoms with Crippen molar-refractivity contribution in [1.29, 1.82) is 0 Å². The van der Waals surface area contributed by atoms with Gasteiger partial charge < -0.3 is 15.0 Å². The first-order valence-corrected chi connectivity index (χ1v) is 7.82. The first kappa shape index (κ1) is 13.6. The number of ether oxygens (including phenoxy) is 1. The number of hydrogen-bond donors (Lipinski definition) is 1. The van der Waals surface area contributed by atoms with Crippen molar-refractivity contribution in [2.45, 2.75) is 38.5 Å². The molecule has 1 saturated heterocycles. The van der Waals surface area contributed by atoms with Gasteiger partial charge >= 0.3 is 0 Å². The molecular weight excluding hydrogens is 252 g/mol. The normalized spacial score (nSPS) is 20.4. The third-order valence-corrected chi connectivity index (χ3v) is 4.16. The standard InChI is InChI=1S/C15H24N4O/c1-2-16-14-11-13(12-5-3-4-6-12)17-15(18-14)19-7-9-20-10-8-19/h11-12H,2-10H2,1H3,(H,16,17,18). The molecule has 0 unspecified atom stereocenters. The van der Waals surface area contributed by atoms with Crippen LogP contribution in [0.1, 0.15) is 44.2 Å². The average molecular weight is 276 g/mol. The van der Waals surface area contributed by atoms with Crippen molar-refractivity contribution in [1.82, 2.24) is 9.97 Å². The fraction of sp³-hybridized carbons (Fsp3) is 0.733. The van der Waals surface area contributed by atoms with E-state index in [1.54, 1.807) is 0 Å². The van der Waals surface area contributed by atoms with Gasteiger partial charge in [0.1, 0.15) is 5.82 Å². The number of morpholine rings is 1. The molecule has 0 radical (unpaired) electrons. The van der Waals surface area contributed by atoms with Crippen molar-refractivity contribution in [3.05, 3.63) is 11.8 Å². The maximum atomic E-state index is 5.42. The van der Waals surface area contributed by atoms with E-state index in [9.17, 15) is 0 Å². The summed E-state index contributed by atoms with van der Waals surface area (Å²) in [7, 11) is 0. The topological polar surface area (TPSA) is 50.3 Å². The molecule has 2 fully saturated rings. The van der Waals surface area contributed by atoms with Crippen LogP contribution in [0.4, 0.5) is 11.8 Å². The van der Waals surface area contributed by atoms with Gasteiger partial charge in [0.05, 0.1) is 18.9 Å². The van der Waals surface area contributed by atoms with Gasteiger partial charge in [0, 0.05) is 31.6 Å². The molecule has 110 valence electrons. The zero-order chi connectivity index (χ0) is 13.8. The van der Waals surface area contributed by atoms with Crippen LogP contribution in [0.25, 0.3) is 0 Å². The highest BCUT2D eigenvalue weighted by atomic mass is 16.5. The summed E-state index contributed by atoms with van der Waals surface area (Å²) in [5, 5.41) is 3.34. The van der Waals surface area contributed by atoms with E-state index >= 15 is 0 Å². The summed E-state index contributed by atoms with van der Waals surface area (Å²) < 4.78 is 5.42. The first-order chi connectivity index (χ1) is 9.86. The van der Waals surface area contributed by atoms with Gasteiger partial charge in [-0.3, -0.25) is 0 Å². The van der Waals surface area contributed by atoms with Crippen LogP contribution < -0.4 is 10.2 Å². The lowest BCUT2D eigenvalue weighted by molar-refractivity contribution is 0.122. The van der Waals surface area contributed by atoms with Gasteiger partial charge in [-0.1, -0.05) is 12.8 Å². The maximum Gasteiger partial charge on any atom is 0.227 e. The van der Waals surface area contributed by atoms with Gasteiger partial charge in [-0.05, 0) is 19.8 Å². The summed E-state index contributed by atoms with van der Waals surface area (Å²) in [6.07, 6.45) is 5.20. The lowest BCUT2D eigenvalue weighted by Crippen LogP contribution is -2.37. The molecule has 5 heteroatoms. The zero-order valence-corrected chi connectivity index (χ0v) is 12.3. The Morgan fingerprint density at radius 3 is 2.70 bits per heavy atom. The van der Waals surface area contributed by atoms with Gasteiger partial charge in [0.2, 0.25) is 5.95 Å². The van der Waals surface area contributed by atoms with Crippen molar-refractivity contribution in [3.8, 4) is 0 Å². The molecule has 1 saturated carbocycles. The number of nitrogens with zero attached hydrogens (tertiary/aromatic N) is 3. The highest BCUT2D eigenvalue weighted by molar-refractivity contribution is 5.45. The van der Waals surface area contributed by atoms with Crippen molar-refractivity contribution < 1.29 is 4.74 Å². The minimum atomic E-state index is 0.621. The smallest absolute Gasteiger partial charge is 0.227 e. The number of anilines is 2. The van der Waals surface area contributed by atoms with Crippen LogP contribution in [-0.4, -0.2) is 42.8 Å². The van der Waals surface area contributed by atoms with Crippen LogP contribution in [0.3, 0.4) is 0 Å². The van der Waals surface area contributed by atoms with E-state index in [0.29, 0.717) is 5.92 Å². The summed E-state index contributed by atoms with van der Waals surface area (Å²) in [5.74, 6) is 2.45. The molecule has 1 aliphatic carbocycles. The van der Waals surface area contributed by atoms with E-state index in [-0.39, 0.29) is 0 Å². The Kier molecular flexibility index (Phi) is 4.35. The first-order valence-electron chi connectivity index (χ1n) is 7.82. The molecule has 2 aliphatic rings. The predicted molar refractivity (Wildman–Crippen MR) is 80.4 cm³/mol. The Morgan fingerprint density at radius 1 is 1.25 bits per heavy atom. The molecule has 0 amide bonds. The highest BCUT2D eigenvalue weighted by Crippen LogP contribution is 2.34. The molecule has 0 spiro atoms. The SMILES string of the molecule is CCNc1cc(C2CCCC2)nc(N2CCOCC2)n1. The number of rotatable bonds is 4. The average Bonchev–Trinajstić information content (AvgIpc) is 3.02. The Balaban J connectivity index is 1.86. The molecule has 1 aliphatic heterocycles. The van der Waals surface area contributed by atoms with E-state index in [2.05, 4.69) is 28.2 Å². The Hall–Kier alpha value is -1.36. The molecular formula is C15H24N4O. The summed E-state index contributed by atoms with van der Waals surface area (Å²) in [4.78, 5) is 11.7. The Bertz CT molecular complexity index is 439. The van der Waals surface area contributed by atoms with Crippen molar-refractivity contribution >= 4 is 11.8 Å². The van der Waals surface area contributed by atoms with Crippen LogP contribution in [0, 0.1) is 0 Å². The van der Waals surface area contributed by atoms with E-state index in [0.717, 1.165) is 44.6 Å². The van der Waals surface area contributed by atoms with Gasteiger partial charge in [0.15, 0.2) is 0 Å². The minimum Gasteiger partial charge on any atom is -0.378 e. The molecule has 5 nitrogen and oxygen atoms in total. The molecule has 0 aromatic carbocycles. The molecule has 0 atom stereocenters. The maximum absolute atomic E-state index is 5.42. The third kappa shape index (κ3) is 3.03. The van der Waals surface area contributed by atoms with Crippen LogP contribution in [0.15, 0.2) is 6.07 Å². The molecule has 3 rings (SSSR count). The van der Waals surface area contributed by atoms with Crippen molar-refractivity contribution in [2.24, 2.45) is 0 Å². The second kappa shape index (κ2) is 6.39. The summed E-state index contributed by atoms with van der Waals surface area (Å²) >= 11 is 0. The van der Waals surface area contributed by atoms with Gasteiger partial charge in [-0.15, -0.1) is 0 Å². The van der Waals surface area contributed by atoms with Gasteiger partial charge in [-0.2, -0.15) is 4.98 Å². The molecule has 20 heavy (non-hydrogen) atoms. The van der Waals surface area contributed by atoms with E-state index in [1.165, 1.54) is 31.4 Å². The molecule has 2 heterocycles. The summed E-state index contributed by atoms with van der Waals surface area (Å²) in [6.45, 7) is 6.32. The van der Waals surface area contributed by atoms with Gasteiger partial charge in [0.25, 0.3) is 0 Å². The molecule has 1 aromatic rings. The summed E-state index contributed by atoms with van der Waals surface area (Å²) in [5.41, 5.74) is 1.22. The lowest BCUT2D eigenvalue weighted by atomic mass is 10.0. The van der Waals surface area contributed by atoms with Crippen molar-refractivity contribution in [2.75, 3.05) is 43.1 Å². The number of aromatic nitrogens is 2. The summed E-state index contributed by atoms with van der Waals surface area (Å²) in [6, 6.07) is 2.14. The van der Waals surface area contributed by atoms with E-state index < -0.39 is 0 Å². The third-order valence-electron chi connectivity index (χ3n) is 4.16. The predicted octanol–water partition coefficient (Wildman–Crippen LogP) is 2.40. The molecule has 1 N–H and O–H groups in total. The highest BCUT2D eigenvalue weighted by Gasteiger charge is 2.22. The van der Waals surface area contributed by atoms with Crippen LogP contribution in [-0.2, 0) is 4.74 Å². The zero-order valence-electron chi connectivity index (χ0n) is 12.3. The van der Waals surface area contributed by atoms with E-state index in [1.807, 2.05) is 0 Å². The lowest BCUT2D eigenvalue weighted by Gasteiger charge is -2.27. The van der Waals surface area contributed by atoms with E-state index in [4.69, 9.17) is 9.72 Å². The monoisotopic (exact) mass is 276 g/mol. The fourth-order valence-electron chi connectivity index (χ4n) is 3.06.